The van der Waals surface area contributed by atoms with E-state index < -0.39 is 0 Å². The van der Waals surface area contributed by atoms with Crippen LogP contribution in [0, 0.1) is 11.8 Å². The van der Waals surface area contributed by atoms with Gasteiger partial charge in [-0.2, -0.15) is 0 Å². The predicted octanol–water partition coefficient (Wildman–Crippen LogP) is 4.59. The van der Waals surface area contributed by atoms with Crippen LogP contribution in [0.4, 0.5) is 0 Å². The maximum Gasteiger partial charge on any atom is 0.217 e. The number of benzene rings is 1. The van der Waals surface area contributed by atoms with Gasteiger partial charge in [-0.05, 0) is 68.2 Å². The highest BCUT2D eigenvalue weighted by atomic mass is 16.1. The third-order valence-corrected chi connectivity index (χ3v) is 7.37. The SMILES string of the molecule is CC[C@H](CN1CCC2(CC1)CC(NC(C)=O)c1ccccc12)[C@H]1C=CCC1. The first-order valence-electron chi connectivity index (χ1n) is 10.9. The number of nitrogens with one attached hydrogen (secondary N) is 1. The van der Waals surface area contributed by atoms with Crippen LogP contribution in [0.2, 0.25) is 0 Å². The first-order valence-corrected chi connectivity index (χ1v) is 10.9. The third-order valence-electron chi connectivity index (χ3n) is 7.37. The van der Waals surface area contributed by atoms with Gasteiger partial charge in [-0.3, -0.25) is 4.79 Å². The van der Waals surface area contributed by atoms with Gasteiger partial charge in [0.05, 0.1) is 6.04 Å². The molecule has 27 heavy (non-hydrogen) atoms. The van der Waals surface area contributed by atoms with Crippen molar-refractivity contribution in [1.82, 2.24) is 10.2 Å². The fourth-order valence-electron chi connectivity index (χ4n) is 5.85. The molecule has 1 aromatic carbocycles. The van der Waals surface area contributed by atoms with Gasteiger partial charge >= 0.3 is 0 Å². The van der Waals surface area contributed by atoms with E-state index in [0.29, 0.717) is 0 Å². The van der Waals surface area contributed by atoms with E-state index in [4.69, 9.17) is 0 Å². The Bertz CT molecular complexity index is 702. The lowest BCUT2D eigenvalue weighted by Crippen LogP contribution is -2.44. The topological polar surface area (TPSA) is 32.3 Å². The molecule has 1 fully saturated rings. The van der Waals surface area contributed by atoms with Gasteiger partial charge in [0.1, 0.15) is 0 Å². The van der Waals surface area contributed by atoms with Crippen molar-refractivity contribution in [3.63, 3.8) is 0 Å². The van der Waals surface area contributed by atoms with E-state index in [2.05, 4.69) is 53.6 Å². The van der Waals surface area contributed by atoms with Crippen LogP contribution in [-0.2, 0) is 10.2 Å². The largest absolute Gasteiger partial charge is 0.349 e. The van der Waals surface area contributed by atoms with Crippen molar-refractivity contribution in [3.8, 4) is 0 Å². The highest BCUT2D eigenvalue weighted by Crippen LogP contribution is 2.50. The number of rotatable bonds is 5. The number of hydrogen-bond donors (Lipinski definition) is 1. The maximum absolute atomic E-state index is 11.7. The Labute approximate surface area is 164 Å². The quantitative estimate of drug-likeness (QED) is 0.773. The number of fused-ring (bicyclic) bond motifs is 2. The summed E-state index contributed by atoms with van der Waals surface area (Å²) >= 11 is 0. The van der Waals surface area contributed by atoms with Crippen molar-refractivity contribution < 1.29 is 4.79 Å². The number of nitrogens with zero attached hydrogens (tertiary/aromatic N) is 1. The minimum Gasteiger partial charge on any atom is -0.349 e. The fourth-order valence-corrected chi connectivity index (χ4v) is 5.85. The fraction of sp³-hybridized carbons (Fsp3) is 0.625. The minimum atomic E-state index is 0.0831. The summed E-state index contributed by atoms with van der Waals surface area (Å²) in [5.41, 5.74) is 3.10. The van der Waals surface area contributed by atoms with E-state index in [-0.39, 0.29) is 17.4 Å². The highest BCUT2D eigenvalue weighted by Gasteiger charge is 2.45. The second kappa shape index (κ2) is 7.79. The highest BCUT2D eigenvalue weighted by molar-refractivity contribution is 5.73. The molecular formula is C24H34N2O. The van der Waals surface area contributed by atoms with Crippen molar-refractivity contribution >= 4 is 5.91 Å². The van der Waals surface area contributed by atoms with Gasteiger partial charge in [-0.25, -0.2) is 0 Å². The van der Waals surface area contributed by atoms with Crippen LogP contribution in [0.3, 0.4) is 0 Å². The molecular weight excluding hydrogens is 332 g/mol. The first kappa shape index (κ1) is 18.7. The zero-order valence-corrected chi connectivity index (χ0v) is 16.9. The molecule has 1 spiro atoms. The Morgan fingerprint density at radius 2 is 2.07 bits per heavy atom. The summed E-state index contributed by atoms with van der Waals surface area (Å²) in [5.74, 6) is 1.68. The molecule has 1 heterocycles. The molecule has 3 aliphatic rings. The second-order valence-electron chi connectivity index (χ2n) is 8.96. The van der Waals surface area contributed by atoms with E-state index >= 15 is 0 Å². The van der Waals surface area contributed by atoms with Crippen LogP contribution in [0.25, 0.3) is 0 Å². The van der Waals surface area contributed by atoms with Crippen molar-refractivity contribution in [3.05, 3.63) is 47.5 Å². The number of hydrogen-bond acceptors (Lipinski definition) is 2. The summed E-state index contributed by atoms with van der Waals surface area (Å²) in [6, 6.07) is 9.00. The monoisotopic (exact) mass is 366 g/mol. The zero-order chi connectivity index (χ0) is 18.9. The molecule has 0 aromatic heterocycles. The van der Waals surface area contributed by atoms with Gasteiger partial charge in [-0.1, -0.05) is 49.8 Å². The van der Waals surface area contributed by atoms with Crippen LogP contribution in [0.1, 0.15) is 69.5 Å². The standard InChI is InChI=1S/C24H34N2O/c1-3-19(20-8-4-5-9-20)17-26-14-12-24(13-15-26)16-23(25-18(2)27)21-10-6-7-11-22(21)24/h4,6-8,10-11,19-20,23H,3,5,9,12-17H2,1-2H3,(H,25,27)/t19-,20+,23?/m1/s1. The van der Waals surface area contributed by atoms with Crippen molar-refractivity contribution in [2.24, 2.45) is 11.8 Å². The van der Waals surface area contributed by atoms with Crippen LogP contribution in [-0.4, -0.2) is 30.4 Å². The zero-order valence-electron chi connectivity index (χ0n) is 16.9. The minimum absolute atomic E-state index is 0.0831. The van der Waals surface area contributed by atoms with Gasteiger partial charge < -0.3 is 10.2 Å². The smallest absolute Gasteiger partial charge is 0.217 e. The third kappa shape index (κ3) is 3.71. The molecule has 2 aliphatic carbocycles. The molecule has 0 radical (unpaired) electrons. The summed E-state index contributed by atoms with van der Waals surface area (Å²) < 4.78 is 0. The molecule has 0 saturated carbocycles. The molecule has 146 valence electrons. The number of likely N-dealkylation sites (tertiary alicyclic amines) is 1. The Morgan fingerprint density at radius 3 is 2.74 bits per heavy atom. The number of carbonyl (C=O) groups excluding carboxylic acids is 1. The molecule has 1 aromatic rings. The van der Waals surface area contributed by atoms with E-state index in [9.17, 15) is 4.79 Å². The predicted molar refractivity (Wildman–Crippen MR) is 111 cm³/mol. The summed E-state index contributed by atoms with van der Waals surface area (Å²) in [4.78, 5) is 14.4. The maximum atomic E-state index is 11.7. The molecule has 0 bridgehead atoms. The summed E-state index contributed by atoms with van der Waals surface area (Å²) in [5, 5.41) is 3.20. The van der Waals surface area contributed by atoms with Crippen LogP contribution in [0.15, 0.2) is 36.4 Å². The van der Waals surface area contributed by atoms with Gasteiger partial charge in [-0.15, -0.1) is 0 Å². The number of piperidine rings is 1. The Morgan fingerprint density at radius 1 is 1.30 bits per heavy atom. The lowest BCUT2D eigenvalue weighted by molar-refractivity contribution is -0.119. The van der Waals surface area contributed by atoms with Gasteiger partial charge in [0, 0.05) is 18.9 Å². The van der Waals surface area contributed by atoms with Crippen molar-refractivity contribution in [2.75, 3.05) is 19.6 Å². The lowest BCUT2D eigenvalue weighted by Gasteiger charge is -2.42. The molecule has 1 unspecified atom stereocenters. The van der Waals surface area contributed by atoms with E-state index in [0.717, 1.165) is 18.3 Å². The van der Waals surface area contributed by atoms with Crippen molar-refractivity contribution in [2.45, 2.75) is 63.8 Å². The number of carbonyl (C=O) groups is 1. The van der Waals surface area contributed by atoms with Crippen molar-refractivity contribution in [1.29, 1.82) is 0 Å². The van der Waals surface area contributed by atoms with E-state index in [1.165, 1.54) is 62.9 Å². The molecule has 1 saturated heterocycles. The molecule has 1 amide bonds. The molecule has 3 heteroatoms. The summed E-state index contributed by atoms with van der Waals surface area (Å²) in [7, 11) is 0. The van der Waals surface area contributed by atoms with Gasteiger partial charge in [0.2, 0.25) is 5.91 Å². The summed E-state index contributed by atoms with van der Waals surface area (Å²) in [6.07, 6.45) is 12.2. The second-order valence-corrected chi connectivity index (χ2v) is 8.96. The molecule has 3 nitrogen and oxygen atoms in total. The molecule has 1 N–H and O–H groups in total. The average molecular weight is 367 g/mol. The Hall–Kier alpha value is -1.61. The summed E-state index contributed by atoms with van der Waals surface area (Å²) in [6.45, 7) is 7.62. The van der Waals surface area contributed by atoms with Crippen LogP contribution < -0.4 is 5.32 Å². The molecule has 4 rings (SSSR count). The number of amides is 1. The van der Waals surface area contributed by atoms with Gasteiger partial charge in [0.15, 0.2) is 0 Å². The van der Waals surface area contributed by atoms with Gasteiger partial charge in [0.25, 0.3) is 0 Å². The van der Waals surface area contributed by atoms with Crippen LogP contribution in [0.5, 0.6) is 0 Å². The van der Waals surface area contributed by atoms with E-state index in [1.54, 1.807) is 6.92 Å². The normalized spacial score (nSPS) is 27.6. The Kier molecular flexibility index (Phi) is 5.41. The molecule has 1 aliphatic heterocycles. The Balaban J connectivity index is 1.43. The number of allylic oxidation sites excluding steroid dienone is 2. The lowest BCUT2D eigenvalue weighted by atomic mass is 9.73. The average Bonchev–Trinajstić information content (AvgIpc) is 3.29. The van der Waals surface area contributed by atoms with Crippen LogP contribution >= 0.6 is 0 Å². The van der Waals surface area contributed by atoms with E-state index in [1.807, 2.05) is 0 Å². The molecule has 3 atom stereocenters. The first-order chi connectivity index (χ1) is 13.1.